The third-order valence-corrected chi connectivity index (χ3v) is 6.03. The van der Waals surface area contributed by atoms with Crippen LogP contribution < -0.4 is 20.1 Å². The molecule has 2 heterocycles. The van der Waals surface area contributed by atoms with Gasteiger partial charge in [-0.1, -0.05) is 30.3 Å². The number of benzene rings is 2. The summed E-state index contributed by atoms with van der Waals surface area (Å²) in [6.45, 7) is 6.58. The summed E-state index contributed by atoms with van der Waals surface area (Å²) in [5, 5.41) is 6.80. The van der Waals surface area contributed by atoms with Gasteiger partial charge in [0.2, 0.25) is 0 Å². The predicted molar refractivity (Wildman–Crippen MR) is 145 cm³/mol. The molecule has 0 radical (unpaired) electrons. The van der Waals surface area contributed by atoms with E-state index in [2.05, 4.69) is 62.8 Å². The number of nitrogens with zero attached hydrogens (tertiary/aromatic N) is 3. The number of ether oxygens (including phenoxy) is 2. The van der Waals surface area contributed by atoms with Gasteiger partial charge < -0.3 is 25.0 Å². The van der Waals surface area contributed by atoms with Gasteiger partial charge in [-0.3, -0.25) is 9.89 Å². The molecule has 0 saturated carbocycles. The molecule has 2 aliphatic heterocycles. The Bertz CT molecular complexity index is 896. The summed E-state index contributed by atoms with van der Waals surface area (Å²) in [5.74, 6) is 2.35. The van der Waals surface area contributed by atoms with Crippen LogP contribution >= 0.6 is 24.0 Å². The van der Waals surface area contributed by atoms with Gasteiger partial charge in [-0.25, -0.2) is 0 Å². The second-order valence-electron chi connectivity index (χ2n) is 8.41. The van der Waals surface area contributed by atoms with Gasteiger partial charge in [-0.05, 0) is 31.2 Å². The molecular formula is C25H36IN5O2. The van der Waals surface area contributed by atoms with Crippen molar-refractivity contribution in [1.29, 1.82) is 0 Å². The van der Waals surface area contributed by atoms with E-state index >= 15 is 0 Å². The third-order valence-electron chi connectivity index (χ3n) is 6.03. The number of rotatable bonds is 6. The highest BCUT2D eigenvalue weighted by Crippen LogP contribution is 2.32. The Morgan fingerprint density at radius 1 is 1.06 bits per heavy atom. The number of halogens is 1. The zero-order valence-corrected chi connectivity index (χ0v) is 22.0. The molecule has 0 amide bonds. The Hall–Kier alpha value is -2.04. The second-order valence-corrected chi connectivity index (χ2v) is 8.41. The predicted octanol–water partition coefficient (Wildman–Crippen LogP) is 3.83. The number of nitrogens with one attached hydrogen (secondary N) is 2. The van der Waals surface area contributed by atoms with E-state index in [0.717, 1.165) is 68.7 Å². The fourth-order valence-electron chi connectivity index (χ4n) is 4.26. The van der Waals surface area contributed by atoms with E-state index in [0.29, 0.717) is 19.3 Å². The molecule has 8 heteroatoms. The van der Waals surface area contributed by atoms with E-state index in [1.807, 2.05) is 18.2 Å². The van der Waals surface area contributed by atoms with Crippen molar-refractivity contribution in [2.75, 3.05) is 65.3 Å². The zero-order valence-electron chi connectivity index (χ0n) is 19.6. The van der Waals surface area contributed by atoms with Crippen LogP contribution in [0.2, 0.25) is 0 Å². The van der Waals surface area contributed by atoms with Crippen molar-refractivity contribution in [3.05, 3.63) is 54.1 Å². The topological polar surface area (TPSA) is 61.4 Å². The molecule has 1 fully saturated rings. The number of hydrogen-bond acceptors (Lipinski definition) is 5. The summed E-state index contributed by atoms with van der Waals surface area (Å²) in [6.07, 6.45) is 1.95. The number of piperazine rings is 1. The van der Waals surface area contributed by atoms with E-state index in [1.54, 1.807) is 7.05 Å². The average Bonchev–Trinajstić information content (AvgIpc) is 3.07. The first-order chi connectivity index (χ1) is 15.7. The third kappa shape index (κ3) is 7.22. The minimum absolute atomic E-state index is 0. The Labute approximate surface area is 214 Å². The molecule has 2 aromatic carbocycles. The van der Waals surface area contributed by atoms with Crippen molar-refractivity contribution in [3.8, 4) is 11.5 Å². The molecule has 1 unspecified atom stereocenters. The van der Waals surface area contributed by atoms with Gasteiger partial charge in [0.05, 0.1) is 13.2 Å². The van der Waals surface area contributed by atoms with Crippen molar-refractivity contribution >= 4 is 35.6 Å². The highest BCUT2D eigenvalue weighted by atomic mass is 127. The molecule has 2 aromatic rings. The molecule has 0 spiro atoms. The summed E-state index contributed by atoms with van der Waals surface area (Å²) in [6, 6.07) is 17.2. The summed E-state index contributed by atoms with van der Waals surface area (Å²) in [4.78, 5) is 9.41. The quantitative estimate of drug-likeness (QED) is 0.241. The average molecular weight is 566 g/mol. The lowest BCUT2D eigenvalue weighted by Crippen LogP contribution is -2.47. The van der Waals surface area contributed by atoms with Crippen LogP contribution in [0, 0.1) is 0 Å². The zero-order chi connectivity index (χ0) is 22.2. The minimum Gasteiger partial charge on any atom is -0.490 e. The van der Waals surface area contributed by atoms with Gasteiger partial charge >= 0.3 is 0 Å². The molecule has 33 heavy (non-hydrogen) atoms. The first-order valence-electron chi connectivity index (χ1n) is 11.6. The van der Waals surface area contributed by atoms with Gasteiger partial charge in [0.25, 0.3) is 0 Å². The second kappa shape index (κ2) is 13.0. The molecule has 2 N–H and O–H groups in total. The van der Waals surface area contributed by atoms with Crippen molar-refractivity contribution in [2.24, 2.45) is 4.99 Å². The number of hydrogen-bond donors (Lipinski definition) is 2. The maximum Gasteiger partial charge on any atom is 0.195 e. The largest absolute Gasteiger partial charge is 0.490 e. The van der Waals surface area contributed by atoms with Gasteiger partial charge in [0, 0.05) is 64.0 Å². The minimum atomic E-state index is 0. The molecule has 180 valence electrons. The number of likely N-dealkylation sites (N-methyl/N-ethyl adjacent to an activating group) is 1. The Morgan fingerprint density at radius 2 is 1.85 bits per heavy atom. The first-order valence-corrected chi connectivity index (χ1v) is 11.6. The summed E-state index contributed by atoms with van der Waals surface area (Å²) >= 11 is 0. The van der Waals surface area contributed by atoms with Gasteiger partial charge in [-0.2, -0.15) is 0 Å². The summed E-state index contributed by atoms with van der Waals surface area (Å²) in [5.41, 5.74) is 2.34. The van der Waals surface area contributed by atoms with Gasteiger partial charge in [0.1, 0.15) is 0 Å². The standard InChI is InChI=1S/C25H35N5O2.HI/c1-26-25(28-21-10-11-23-24(18-21)32-17-7-16-31-23)27-12-6-13-30-15-14-29(2)19-22(30)20-8-4-3-5-9-20;/h3-5,8-11,18,22H,6-7,12-17,19H2,1-2H3,(H2,26,27,28);1H. The highest BCUT2D eigenvalue weighted by Gasteiger charge is 2.25. The summed E-state index contributed by atoms with van der Waals surface area (Å²) < 4.78 is 11.5. The molecule has 1 saturated heterocycles. The maximum absolute atomic E-state index is 5.79. The lowest BCUT2D eigenvalue weighted by atomic mass is 10.0. The van der Waals surface area contributed by atoms with Gasteiger partial charge in [0.15, 0.2) is 17.5 Å². The van der Waals surface area contributed by atoms with E-state index < -0.39 is 0 Å². The summed E-state index contributed by atoms with van der Waals surface area (Å²) in [7, 11) is 4.01. The van der Waals surface area contributed by atoms with Crippen LogP contribution in [-0.4, -0.2) is 75.8 Å². The Balaban J connectivity index is 0.00000306. The fraction of sp³-hybridized carbons (Fsp3) is 0.480. The first kappa shape index (κ1) is 25.6. The number of anilines is 1. The van der Waals surface area contributed by atoms with E-state index in [4.69, 9.17) is 9.47 Å². The molecule has 0 aromatic heterocycles. The molecule has 1 atom stereocenters. The van der Waals surface area contributed by atoms with E-state index in [9.17, 15) is 0 Å². The van der Waals surface area contributed by atoms with Crippen LogP contribution in [0.1, 0.15) is 24.4 Å². The van der Waals surface area contributed by atoms with Crippen molar-refractivity contribution < 1.29 is 9.47 Å². The fourth-order valence-corrected chi connectivity index (χ4v) is 4.26. The monoisotopic (exact) mass is 565 g/mol. The highest BCUT2D eigenvalue weighted by molar-refractivity contribution is 14.0. The molecule has 4 rings (SSSR count). The van der Waals surface area contributed by atoms with E-state index in [-0.39, 0.29) is 24.0 Å². The van der Waals surface area contributed by atoms with E-state index in [1.165, 1.54) is 5.56 Å². The maximum atomic E-state index is 5.79. The normalized spacial score (nSPS) is 19.3. The molecular weight excluding hydrogens is 529 g/mol. The molecule has 7 nitrogen and oxygen atoms in total. The smallest absolute Gasteiger partial charge is 0.195 e. The molecule has 0 aliphatic carbocycles. The lowest BCUT2D eigenvalue weighted by molar-refractivity contribution is 0.0891. The van der Waals surface area contributed by atoms with Crippen LogP contribution in [0.25, 0.3) is 0 Å². The number of guanidine groups is 1. The number of aliphatic imine (C=N–C) groups is 1. The van der Waals surface area contributed by atoms with Crippen molar-refractivity contribution in [2.45, 2.75) is 18.9 Å². The van der Waals surface area contributed by atoms with Gasteiger partial charge in [-0.15, -0.1) is 24.0 Å². The van der Waals surface area contributed by atoms with Crippen molar-refractivity contribution in [3.63, 3.8) is 0 Å². The van der Waals surface area contributed by atoms with Crippen LogP contribution in [0.3, 0.4) is 0 Å². The van der Waals surface area contributed by atoms with Crippen LogP contribution in [0.4, 0.5) is 5.69 Å². The lowest BCUT2D eigenvalue weighted by Gasteiger charge is -2.40. The Morgan fingerprint density at radius 3 is 2.64 bits per heavy atom. The number of fused-ring (bicyclic) bond motifs is 1. The molecule has 0 bridgehead atoms. The Kier molecular flexibility index (Phi) is 10.1. The van der Waals surface area contributed by atoms with Crippen molar-refractivity contribution in [1.82, 2.24) is 15.1 Å². The SMILES string of the molecule is CN=C(NCCCN1CCN(C)CC1c1ccccc1)Nc1ccc2c(c1)OCCCO2.I. The molecule has 2 aliphatic rings. The van der Waals surface area contributed by atoms with Crippen LogP contribution in [0.15, 0.2) is 53.5 Å². The van der Waals surface area contributed by atoms with Crippen LogP contribution in [0.5, 0.6) is 11.5 Å². The van der Waals surface area contributed by atoms with Crippen LogP contribution in [-0.2, 0) is 0 Å².